The Morgan fingerprint density at radius 3 is 2.46 bits per heavy atom. The van der Waals surface area contributed by atoms with Gasteiger partial charge in [0.25, 0.3) is 5.56 Å². The fraction of sp³-hybridized carbons (Fsp3) is 0.344. The van der Waals surface area contributed by atoms with Gasteiger partial charge in [-0.3, -0.25) is 9.59 Å². The number of carbonyl (C=O) groups is 2. The van der Waals surface area contributed by atoms with E-state index in [1.807, 2.05) is 0 Å². The summed E-state index contributed by atoms with van der Waals surface area (Å²) in [4.78, 5) is 43.8. The first-order valence-corrected chi connectivity index (χ1v) is 16.9. The van der Waals surface area contributed by atoms with Crippen molar-refractivity contribution in [1.82, 2.24) is 19.8 Å². The van der Waals surface area contributed by atoms with Crippen LogP contribution in [0.2, 0.25) is 0 Å². The van der Waals surface area contributed by atoms with Crippen LogP contribution in [0.25, 0.3) is 22.0 Å². The summed E-state index contributed by atoms with van der Waals surface area (Å²) in [6, 6.07) is 7.38. The molecule has 2 aliphatic heterocycles. The van der Waals surface area contributed by atoms with Gasteiger partial charge in [0.15, 0.2) is 9.84 Å². The molecule has 6 rings (SSSR count). The molecular weight excluding hydrogens is 620 g/mol. The molecule has 0 bridgehead atoms. The Hall–Kier alpha value is -4.72. The molecule has 1 fully saturated rings. The molecule has 11 nitrogen and oxygen atoms in total. The van der Waals surface area contributed by atoms with E-state index in [2.05, 4.69) is 10.3 Å². The van der Waals surface area contributed by atoms with Crippen molar-refractivity contribution in [2.75, 3.05) is 24.2 Å². The lowest BCUT2D eigenvalue weighted by molar-refractivity contribution is -0.122. The second kappa shape index (κ2) is 11.9. The van der Waals surface area contributed by atoms with E-state index < -0.39 is 33.6 Å². The van der Waals surface area contributed by atoms with Crippen LogP contribution in [0.1, 0.15) is 42.9 Å². The number of aryl methyl sites for hydroxylation is 1. The van der Waals surface area contributed by atoms with Crippen LogP contribution in [0.4, 0.5) is 25.0 Å². The number of benzene rings is 2. The number of piperidine rings is 1. The van der Waals surface area contributed by atoms with E-state index in [-0.39, 0.29) is 41.8 Å². The van der Waals surface area contributed by atoms with E-state index in [0.29, 0.717) is 64.8 Å². The molecule has 0 radical (unpaired) electrons. The van der Waals surface area contributed by atoms with Gasteiger partial charge in [0.05, 0.1) is 17.5 Å². The third-order valence-electron chi connectivity index (χ3n) is 8.69. The molecule has 14 heteroatoms. The number of halogens is 2. The van der Waals surface area contributed by atoms with Gasteiger partial charge in [0.2, 0.25) is 5.91 Å². The summed E-state index contributed by atoms with van der Waals surface area (Å²) in [6.45, 7) is 0.622. The van der Waals surface area contributed by atoms with Crippen LogP contribution in [-0.2, 0) is 27.4 Å². The van der Waals surface area contributed by atoms with Crippen LogP contribution in [0, 0.1) is 11.6 Å². The Morgan fingerprint density at radius 2 is 1.78 bits per heavy atom. The van der Waals surface area contributed by atoms with Crippen molar-refractivity contribution in [3.05, 3.63) is 81.9 Å². The monoisotopic (exact) mass is 653 g/mol. The molecule has 242 valence electrons. The van der Waals surface area contributed by atoms with Crippen molar-refractivity contribution in [1.29, 1.82) is 0 Å². The number of rotatable bonds is 7. The van der Waals surface area contributed by atoms with Crippen LogP contribution in [0.5, 0.6) is 0 Å². The lowest BCUT2D eigenvalue weighted by atomic mass is 9.97. The zero-order valence-electron chi connectivity index (χ0n) is 25.2. The molecule has 2 aromatic carbocycles. The number of pyridine rings is 1. The first-order chi connectivity index (χ1) is 21.8. The fourth-order valence-electron chi connectivity index (χ4n) is 6.61. The number of sulfone groups is 1. The number of aromatic amines is 1. The summed E-state index contributed by atoms with van der Waals surface area (Å²) in [5, 5.41) is 12.8. The van der Waals surface area contributed by atoms with Gasteiger partial charge in [0, 0.05) is 85.1 Å². The van der Waals surface area contributed by atoms with Gasteiger partial charge in [-0.05, 0) is 49.1 Å². The van der Waals surface area contributed by atoms with Crippen LogP contribution < -0.4 is 15.8 Å². The first kappa shape index (κ1) is 31.3. The van der Waals surface area contributed by atoms with Gasteiger partial charge in [-0.15, -0.1) is 0 Å². The number of carboxylic acid groups (broad SMARTS) is 1. The van der Waals surface area contributed by atoms with Crippen molar-refractivity contribution in [2.24, 2.45) is 7.05 Å². The molecular formula is C32H33F2N5O6S. The van der Waals surface area contributed by atoms with E-state index in [0.717, 1.165) is 18.4 Å². The number of likely N-dealkylation sites (tertiary alicyclic amines) is 1. The maximum atomic E-state index is 15.7. The third kappa shape index (κ3) is 5.96. The smallest absolute Gasteiger partial charge is 0.407 e. The topological polar surface area (TPSA) is 145 Å². The molecule has 2 amide bonds. The van der Waals surface area contributed by atoms with E-state index >= 15 is 4.39 Å². The van der Waals surface area contributed by atoms with Gasteiger partial charge in [-0.25, -0.2) is 22.0 Å². The molecule has 2 aromatic heterocycles. The molecule has 0 saturated carbocycles. The summed E-state index contributed by atoms with van der Waals surface area (Å²) in [5.41, 5.74) is 2.80. The number of H-pyrrole nitrogens is 1. The van der Waals surface area contributed by atoms with E-state index in [1.165, 1.54) is 15.5 Å². The quantitative estimate of drug-likeness (QED) is 0.265. The zero-order chi connectivity index (χ0) is 32.9. The number of carbonyl (C=O) groups excluding carboxylic acids is 1. The minimum absolute atomic E-state index is 0.0114. The molecule has 2 aliphatic rings. The third-order valence-corrected chi connectivity index (χ3v) is 9.55. The largest absolute Gasteiger partial charge is 0.465 e. The maximum absolute atomic E-state index is 15.7. The lowest BCUT2D eigenvalue weighted by Crippen LogP contribution is -2.46. The van der Waals surface area contributed by atoms with Crippen LogP contribution in [-0.4, -0.2) is 65.4 Å². The molecule has 3 N–H and O–H groups in total. The average molecular weight is 654 g/mol. The van der Waals surface area contributed by atoms with Crippen LogP contribution in [0.3, 0.4) is 0 Å². The number of nitrogens with zero attached hydrogens (tertiary/aromatic N) is 3. The number of aromatic nitrogens is 2. The molecule has 46 heavy (non-hydrogen) atoms. The number of fused-ring (bicyclic) bond motifs is 2. The summed E-state index contributed by atoms with van der Waals surface area (Å²) >= 11 is 0. The lowest BCUT2D eigenvalue weighted by Gasteiger charge is -2.34. The zero-order valence-corrected chi connectivity index (χ0v) is 26.0. The fourth-order valence-corrected chi connectivity index (χ4v) is 7.39. The van der Waals surface area contributed by atoms with E-state index in [1.54, 1.807) is 42.5 Å². The highest BCUT2D eigenvalue weighted by atomic mass is 32.2. The normalized spacial score (nSPS) is 16.7. The van der Waals surface area contributed by atoms with Gasteiger partial charge < -0.3 is 29.8 Å². The summed E-state index contributed by atoms with van der Waals surface area (Å²) < 4.78 is 55.7. The molecule has 0 spiro atoms. The van der Waals surface area contributed by atoms with Crippen molar-refractivity contribution in [2.45, 2.75) is 43.5 Å². The van der Waals surface area contributed by atoms with Crippen LogP contribution in [0.15, 0.2) is 53.6 Å². The molecule has 1 unspecified atom stereocenters. The van der Waals surface area contributed by atoms with Gasteiger partial charge >= 0.3 is 6.09 Å². The first-order valence-electron chi connectivity index (χ1n) is 14.8. The predicted molar refractivity (Wildman–Crippen MR) is 169 cm³/mol. The average Bonchev–Trinajstić information content (AvgIpc) is 3.38. The SMILES string of the molecule is Cn1cc2c3c(c[nH]c3c1=O)C(CCC(=O)NC1CCN(C(=O)O)CC1)N(c1ccc(F)cc1F)c1ccc(CS(C)(=O)=O)cc1-2. The Morgan fingerprint density at radius 1 is 1.07 bits per heavy atom. The number of anilines is 2. The maximum Gasteiger partial charge on any atom is 0.407 e. The highest BCUT2D eigenvalue weighted by Gasteiger charge is 2.35. The van der Waals surface area contributed by atoms with Gasteiger partial charge in [0.1, 0.15) is 17.2 Å². The Labute approximate surface area is 263 Å². The predicted octanol–water partition coefficient (Wildman–Crippen LogP) is 4.59. The number of hydrogen-bond donors (Lipinski definition) is 3. The number of nitrogens with one attached hydrogen (secondary N) is 2. The summed E-state index contributed by atoms with van der Waals surface area (Å²) in [7, 11) is -1.81. The highest BCUT2D eigenvalue weighted by Crippen LogP contribution is 2.50. The summed E-state index contributed by atoms with van der Waals surface area (Å²) in [5.74, 6) is -2.11. The summed E-state index contributed by atoms with van der Waals surface area (Å²) in [6.07, 6.45) is 4.59. The molecule has 1 atom stereocenters. The Kier molecular flexibility index (Phi) is 8.09. The molecule has 1 saturated heterocycles. The van der Waals surface area contributed by atoms with Crippen molar-refractivity contribution < 1.29 is 31.9 Å². The van der Waals surface area contributed by atoms with Crippen molar-refractivity contribution in [3.8, 4) is 11.1 Å². The van der Waals surface area contributed by atoms with E-state index in [4.69, 9.17) is 0 Å². The second-order valence-electron chi connectivity index (χ2n) is 12.0. The van der Waals surface area contributed by atoms with Crippen molar-refractivity contribution in [3.63, 3.8) is 0 Å². The Balaban J connectivity index is 1.46. The minimum Gasteiger partial charge on any atom is -0.465 e. The van der Waals surface area contributed by atoms with E-state index in [9.17, 15) is 32.3 Å². The standard InChI is InChI=1S/C32H33F2N5O6S/c1-37-16-23-21-13-18(17-46(2,44)45)3-5-25(21)39(27-6-4-19(33)14-24(27)34)26(22-15-35-30(29(22)23)31(37)41)7-8-28(40)36-20-9-11-38(12-10-20)32(42)43/h3-6,13-16,20,26,35H,7-12,17H2,1-2H3,(H,36,40)(H,42,43). The van der Waals surface area contributed by atoms with Gasteiger partial charge in [-0.2, -0.15) is 0 Å². The second-order valence-corrected chi connectivity index (χ2v) is 14.1. The van der Waals surface area contributed by atoms with Crippen molar-refractivity contribution >= 4 is 44.1 Å². The van der Waals surface area contributed by atoms with Crippen LogP contribution >= 0.6 is 0 Å². The molecule has 4 aromatic rings. The highest BCUT2D eigenvalue weighted by molar-refractivity contribution is 7.89. The van der Waals surface area contributed by atoms with Gasteiger partial charge in [-0.1, -0.05) is 6.07 Å². The number of hydrogen-bond acceptors (Lipinski definition) is 6. The Bertz CT molecular complexity index is 2030. The minimum atomic E-state index is -3.41. The molecule has 4 heterocycles. The number of amides is 2. The molecule has 0 aliphatic carbocycles.